The van der Waals surface area contributed by atoms with E-state index in [4.69, 9.17) is 4.74 Å². The summed E-state index contributed by atoms with van der Waals surface area (Å²) in [5, 5.41) is 12.2. The molecule has 0 spiro atoms. The van der Waals surface area contributed by atoms with Gasteiger partial charge < -0.3 is 9.84 Å². The van der Waals surface area contributed by atoms with Crippen molar-refractivity contribution in [2.45, 2.75) is 20.8 Å². The van der Waals surface area contributed by atoms with E-state index < -0.39 is 11.2 Å². The van der Waals surface area contributed by atoms with Crippen molar-refractivity contribution < 1.29 is 33.1 Å². The first-order valence-corrected chi connectivity index (χ1v) is 6.87. The van der Waals surface area contributed by atoms with Crippen molar-refractivity contribution in [1.82, 2.24) is 4.98 Å². The molecule has 0 N–H and O–H groups in total. The number of pyridine rings is 1. The maximum Gasteiger partial charge on any atom is 1.00 e. The second-order valence-corrected chi connectivity index (χ2v) is 5.88. The van der Waals surface area contributed by atoms with Gasteiger partial charge in [0.05, 0.1) is 13.3 Å². The smallest absolute Gasteiger partial charge is 0.861 e. The van der Waals surface area contributed by atoms with Gasteiger partial charge >= 0.3 is 18.9 Å². The molecule has 4 nitrogen and oxygen atoms in total. The van der Waals surface area contributed by atoms with Gasteiger partial charge in [-0.2, -0.15) is 0 Å². The minimum atomic E-state index is -0.630. The van der Waals surface area contributed by atoms with Crippen molar-refractivity contribution in [1.29, 1.82) is 0 Å². The standard InChI is InChI=1S/C17H19FN2O2.Li/c1-17(2,3)16(21)20-15-12(6-5-7-14(15)22-4)11-8-9-19-10-13(11)18;/h5-10H,1-4H3,(H,20,21);/q;+1/p-1. The monoisotopic (exact) mass is 308 g/mol. The van der Waals surface area contributed by atoms with Crippen molar-refractivity contribution >= 4 is 11.6 Å². The molecule has 6 heteroatoms. The molecule has 1 heterocycles. The zero-order valence-electron chi connectivity index (χ0n) is 14.1. The second kappa shape index (κ2) is 7.63. The Balaban J connectivity index is 0.00000264. The first-order valence-electron chi connectivity index (χ1n) is 6.87. The number of nitrogens with zero attached hydrogens (tertiary/aromatic N) is 2. The predicted octanol–water partition coefficient (Wildman–Crippen LogP) is 0.337. The van der Waals surface area contributed by atoms with Gasteiger partial charge in [-0.15, -0.1) is 0 Å². The summed E-state index contributed by atoms with van der Waals surface area (Å²) in [5.41, 5.74) is 0.524. The average molecular weight is 308 g/mol. The zero-order chi connectivity index (χ0) is 16.3. The van der Waals surface area contributed by atoms with E-state index in [1.165, 1.54) is 13.3 Å². The van der Waals surface area contributed by atoms with Crippen LogP contribution in [0.5, 0.6) is 5.75 Å². The maximum absolute atomic E-state index is 14.0. The fraction of sp³-hybridized carbons (Fsp3) is 0.294. The summed E-state index contributed by atoms with van der Waals surface area (Å²) in [4.78, 5) is 7.91. The van der Waals surface area contributed by atoms with Gasteiger partial charge in [0.15, 0.2) is 0 Å². The van der Waals surface area contributed by atoms with E-state index in [0.29, 0.717) is 22.6 Å². The predicted molar refractivity (Wildman–Crippen MR) is 82.7 cm³/mol. The van der Waals surface area contributed by atoms with E-state index >= 15 is 0 Å². The molecule has 1 aromatic heterocycles. The number of aromatic nitrogens is 1. The number of ether oxygens (including phenoxy) is 1. The molecule has 0 aliphatic heterocycles. The number of halogens is 1. The van der Waals surface area contributed by atoms with Crippen molar-refractivity contribution in [2.24, 2.45) is 10.4 Å². The van der Waals surface area contributed by atoms with E-state index in [9.17, 15) is 9.50 Å². The first kappa shape index (κ1) is 19.2. The van der Waals surface area contributed by atoms with Gasteiger partial charge in [-0.25, -0.2) is 4.39 Å². The molecule has 1 aromatic carbocycles. The number of aliphatic imine (C=N–C) groups is 1. The summed E-state index contributed by atoms with van der Waals surface area (Å²) in [6.07, 6.45) is 2.62. The molecule has 2 aromatic rings. The quantitative estimate of drug-likeness (QED) is 0.467. The summed E-state index contributed by atoms with van der Waals surface area (Å²) in [6.45, 7) is 5.34. The fourth-order valence-electron chi connectivity index (χ4n) is 1.88. The molecule has 0 saturated carbocycles. The minimum absolute atomic E-state index is 0. The largest absolute Gasteiger partial charge is 1.00 e. The summed E-state index contributed by atoms with van der Waals surface area (Å²) in [5.74, 6) is -0.352. The molecule has 0 fully saturated rings. The van der Waals surface area contributed by atoms with Crippen LogP contribution in [0.4, 0.5) is 10.1 Å². The topological polar surface area (TPSA) is 57.5 Å². The third kappa shape index (κ3) is 4.34. The molecule has 0 amide bonds. The Morgan fingerprint density at radius 1 is 1.22 bits per heavy atom. The molecule has 116 valence electrons. The fourth-order valence-corrected chi connectivity index (χ4v) is 1.88. The molecule has 0 saturated heterocycles. The summed E-state index contributed by atoms with van der Waals surface area (Å²) < 4.78 is 19.3. The van der Waals surface area contributed by atoms with Gasteiger partial charge in [-0.3, -0.25) is 9.98 Å². The van der Waals surface area contributed by atoms with E-state index in [-0.39, 0.29) is 24.8 Å². The van der Waals surface area contributed by atoms with Crippen molar-refractivity contribution in [3.8, 4) is 16.9 Å². The zero-order valence-corrected chi connectivity index (χ0v) is 14.1. The first-order chi connectivity index (χ1) is 10.3. The Kier molecular flexibility index (Phi) is 6.37. The molecule has 0 radical (unpaired) electrons. The minimum Gasteiger partial charge on any atom is -0.861 e. The second-order valence-electron chi connectivity index (χ2n) is 5.88. The number of benzene rings is 1. The molecule has 2 rings (SSSR count). The van der Waals surface area contributed by atoms with Crippen molar-refractivity contribution in [3.05, 3.63) is 42.5 Å². The van der Waals surface area contributed by atoms with Crippen LogP contribution in [0.25, 0.3) is 11.1 Å². The van der Waals surface area contributed by atoms with Crippen molar-refractivity contribution in [3.63, 3.8) is 0 Å². The van der Waals surface area contributed by atoms with Gasteiger partial charge in [0, 0.05) is 17.3 Å². The van der Waals surface area contributed by atoms with Gasteiger partial charge in [0.2, 0.25) is 0 Å². The van der Waals surface area contributed by atoms with Crippen LogP contribution in [0.3, 0.4) is 0 Å². The van der Waals surface area contributed by atoms with Crippen LogP contribution in [0.15, 0.2) is 41.7 Å². The van der Waals surface area contributed by atoms with Gasteiger partial charge in [-0.05, 0) is 23.4 Å². The van der Waals surface area contributed by atoms with Crippen LogP contribution >= 0.6 is 0 Å². The number of rotatable bonds is 3. The Labute approximate surface area is 147 Å². The molecular weight excluding hydrogens is 290 g/mol. The van der Waals surface area contributed by atoms with E-state index in [1.54, 1.807) is 45.0 Å². The van der Waals surface area contributed by atoms with Gasteiger partial charge in [0.25, 0.3) is 0 Å². The number of hydrogen-bond acceptors (Lipinski definition) is 4. The van der Waals surface area contributed by atoms with Crippen LogP contribution in [0, 0.1) is 11.2 Å². The maximum atomic E-state index is 14.0. The number of methoxy groups -OCH3 is 1. The van der Waals surface area contributed by atoms with Gasteiger partial charge in [0.1, 0.15) is 17.3 Å². The molecule has 23 heavy (non-hydrogen) atoms. The van der Waals surface area contributed by atoms with Crippen LogP contribution in [0.1, 0.15) is 20.8 Å². The molecular formula is C17H18FLiN2O2. The Morgan fingerprint density at radius 3 is 2.48 bits per heavy atom. The Hall–Kier alpha value is -1.83. The van der Waals surface area contributed by atoms with Crippen LogP contribution < -0.4 is 28.7 Å². The number of para-hydroxylation sites is 1. The third-order valence-corrected chi connectivity index (χ3v) is 3.14. The van der Waals surface area contributed by atoms with Crippen molar-refractivity contribution in [2.75, 3.05) is 7.11 Å². The molecule has 0 aliphatic rings. The SMILES string of the molecule is COc1cccc(-c2ccncc2F)c1N=C([O-])C(C)(C)C.[Li+]. The van der Waals surface area contributed by atoms with E-state index in [1.807, 2.05) is 0 Å². The Morgan fingerprint density at radius 2 is 1.91 bits per heavy atom. The van der Waals surface area contributed by atoms with E-state index in [0.717, 1.165) is 6.20 Å². The summed E-state index contributed by atoms with van der Waals surface area (Å²) in [6, 6.07) is 6.67. The third-order valence-electron chi connectivity index (χ3n) is 3.14. The van der Waals surface area contributed by atoms with Gasteiger partial charge in [-0.1, -0.05) is 32.9 Å². The van der Waals surface area contributed by atoms with Crippen LogP contribution in [-0.2, 0) is 0 Å². The van der Waals surface area contributed by atoms with Crippen LogP contribution in [-0.4, -0.2) is 18.0 Å². The number of hydrogen-bond donors (Lipinski definition) is 0. The van der Waals surface area contributed by atoms with E-state index in [2.05, 4.69) is 9.98 Å². The summed E-state index contributed by atoms with van der Waals surface area (Å²) in [7, 11) is 1.49. The molecule has 0 unspecified atom stereocenters. The normalized spacial score (nSPS) is 11.8. The molecule has 0 atom stereocenters. The average Bonchev–Trinajstić information content (AvgIpc) is 2.47. The molecule has 0 bridgehead atoms. The Bertz CT molecular complexity index is 712. The molecule has 0 aliphatic carbocycles. The van der Waals surface area contributed by atoms with Crippen LogP contribution in [0.2, 0.25) is 0 Å². The summed E-state index contributed by atoms with van der Waals surface area (Å²) >= 11 is 0.